The topological polar surface area (TPSA) is 7.12 Å². The van der Waals surface area contributed by atoms with Gasteiger partial charge in [-0.2, -0.15) is 4.57 Å². The summed E-state index contributed by atoms with van der Waals surface area (Å²) in [7, 11) is 4.29. The van der Waals surface area contributed by atoms with Crippen LogP contribution < -0.4 is 9.47 Å². The van der Waals surface area contributed by atoms with Crippen molar-refractivity contribution in [3.63, 3.8) is 0 Å². The van der Waals surface area contributed by atoms with Crippen molar-refractivity contribution in [1.29, 1.82) is 0 Å². The lowest BCUT2D eigenvalue weighted by atomic mass is 9.94. The first-order valence-corrected chi connectivity index (χ1v) is 16.0. The van der Waals surface area contributed by atoms with Gasteiger partial charge < -0.3 is 4.90 Å². The average Bonchev–Trinajstić information content (AvgIpc) is 3.51. The van der Waals surface area contributed by atoms with Gasteiger partial charge in [-0.25, -0.2) is 0 Å². The zero-order valence-electron chi connectivity index (χ0n) is 23.1. The van der Waals surface area contributed by atoms with Crippen molar-refractivity contribution in [1.82, 2.24) is 0 Å². The molecule has 0 radical (unpaired) electrons. The van der Waals surface area contributed by atoms with E-state index in [0.717, 1.165) is 24.3 Å². The number of allylic oxidation sites excluding steroid dienone is 8. The molecule has 0 saturated heterocycles. The van der Waals surface area contributed by atoms with Crippen molar-refractivity contribution in [2.75, 3.05) is 11.9 Å². The van der Waals surface area contributed by atoms with Crippen molar-refractivity contribution < 1.29 is 4.57 Å². The molecule has 1 aromatic heterocycles. The Morgan fingerprint density at radius 2 is 1.56 bits per heavy atom. The van der Waals surface area contributed by atoms with Gasteiger partial charge in [-0.15, -0.1) is 0 Å². The molecule has 2 aliphatic rings. The first kappa shape index (κ1) is 26.3. The van der Waals surface area contributed by atoms with E-state index in [0.29, 0.717) is 0 Å². The number of hydrogen-bond donors (Lipinski definition) is 0. The molecule has 0 saturated carbocycles. The number of benzene rings is 4. The Kier molecular flexibility index (Phi) is 7.08. The summed E-state index contributed by atoms with van der Waals surface area (Å²) in [5.41, 5.74) is 4.95. The Labute approximate surface area is 254 Å². The molecule has 7 rings (SSSR count). The monoisotopic (exact) mass is 589 g/mol. The van der Waals surface area contributed by atoms with Gasteiger partial charge >= 0.3 is 0 Å². The Bertz CT molecular complexity index is 1990. The first-order chi connectivity index (χ1) is 20.1. The van der Waals surface area contributed by atoms with E-state index in [1.807, 2.05) is 23.1 Å². The van der Waals surface area contributed by atoms with Crippen LogP contribution in [0.1, 0.15) is 24.3 Å². The van der Waals surface area contributed by atoms with E-state index in [1.54, 1.807) is 0 Å². The molecule has 1 aliphatic carbocycles. The van der Waals surface area contributed by atoms with Crippen LogP contribution in [-0.2, 0) is 7.05 Å². The summed E-state index contributed by atoms with van der Waals surface area (Å²) in [6, 6.07) is 26.1. The molecule has 5 aromatic rings. The Morgan fingerprint density at radius 1 is 0.829 bits per heavy atom. The van der Waals surface area contributed by atoms with Gasteiger partial charge in [-0.1, -0.05) is 114 Å². The fourth-order valence-electron chi connectivity index (χ4n) is 5.77. The molecule has 0 unspecified atom stereocenters. The number of aromatic nitrogens is 1. The molecule has 0 atom stereocenters. The van der Waals surface area contributed by atoms with Crippen molar-refractivity contribution in [2.45, 2.75) is 24.2 Å². The quantitative estimate of drug-likeness (QED) is 0.192. The van der Waals surface area contributed by atoms with E-state index in [2.05, 4.69) is 133 Å². The fourth-order valence-corrected chi connectivity index (χ4v) is 8.47. The van der Waals surface area contributed by atoms with Crippen LogP contribution in [-0.4, -0.2) is 7.05 Å². The summed E-state index contributed by atoms with van der Waals surface area (Å²) in [5.74, 6) is 0. The standard InChI is InChI=1S/C36H30ClN2S2/c1-38-30-21-18-24-10-3-6-15-28(24)35(30)40-32(38)17-8-5-12-26-13-9-14-27(34(26)37)20-23-33-39(2)31-22-19-25-11-4-7-16-29(25)36(31)41-33/h3-8,10-12,15-23H,9,13-14H2,1-2H3/q+1. The van der Waals surface area contributed by atoms with E-state index in [9.17, 15) is 0 Å². The van der Waals surface area contributed by atoms with Gasteiger partial charge in [0.1, 0.15) is 11.7 Å². The summed E-state index contributed by atoms with van der Waals surface area (Å²) in [6.45, 7) is 0. The molecule has 2 nitrogen and oxygen atoms in total. The van der Waals surface area contributed by atoms with E-state index in [1.165, 1.54) is 63.5 Å². The predicted molar refractivity (Wildman–Crippen MR) is 180 cm³/mol. The lowest BCUT2D eigenvalue weighted by Gasteiger charge is -2.16. The molecule has 0 spiro atoms. The fraction of sp³-hybridized carbons (Fsp3) is 0.139. The largest absolute Gasteiger partial charge is 0.338 e. The Morgan fingerprint density at radius 3 is 2.41 bits per heavy atom. The van der Waals surface area contributed by atoms with Gasteiger partial charge in [-0.05, 0) is 64.8 Å². The van der Waals surface area contributed by atoms with Crippen LogP contribution in [0.2, 0.25) is 0 Å². The number of anilines is 1. The lowest BCUT2D eigenvalue weighted by molar-refractivity contribution is -0.642. The van der Waals surface area contributed by atoms with Gasteiger partial charge in [0, 0.05) is 34.5 Å². The third-order valence-electron chi connectivity index (χ3n) is 8.05. The smallest absolute Gasteiger partial charge is 0.262 e. The minimum atomic E-state index is 0.894. The summed E-state index contributed by atoms with van der Waals surface area (Å²) < 4.78 is 3.61. The second-order valence-corrected chi connectivity index (χ2v) is 13.0. The summed E-state index contributed by atoms with van der Waals surface area (Å²) in [4.78, 5) is 3.61. The van der Waals surface area contributed by atoms with E-state index in [-0.39, 0.29) is 0 Å². The van der Waals surface area contributed by atoms with E-state index >= 15 is 0 Å². The number of thioether (sulfide) groups is 1. The van der Waals surface area contributed by atoms with Gasteiger partial charge in [0.2, 0.25) is 5.52 Å². The highest BCUT2D eigenvalue weighted by Gasteiger charge is 2.23. The molecule has 0 amide bonds. The normalized spacial score (nSPS) is 18.0. The SMILES string of the molecule is CN1/C(=C/C=C/C=C2\CCCC(/C=C/c3sc4c5ccccc5ccc4[n+]3C)=C2Cl)Sc2c1ccc1ccccc21. The van der Waals surface area contributed by atoms with Crippen molar-refractivity contribution in [2.24, 2.45) is 7.05 Å². The molecule has 2 heterocycles. The molecule has 0 N–H and O–H groups in total. The lowest BCUT2D eigenvalue weighted by Crippen LogP contribution is -2.28. The third-order valence-corrected chi connectivity index (χ3v) is 11.0. The molecule has 1 aliphatic heterocycles. The number of hydrogen-bond acceptors (Lipinski definition) is 3. The van der Waals surface area contributed by atoms with E-state index in [4.69, 9.17) is 11.6 Å². The van der Waals surface area contributed by atoms with Crippen molar-refractivity contribution in [3.05, 3.63) is 129 Å². The number of halogens is 1. The highest BCUT2D eigenvalue weighted by atomic mass is 35.5. The number of aryl methyl sites for hydroxylation is 1. The maximum absolute atomic E-state index is 6.95. The molecule has 202 valence electrons. The van der Waals surface area contributed by atoms with Crippen LogP contribution in [0.3, 0.4) is 0 Å². The number of nitrogens with zero attached hydrogens (tertiary/aromatic N) is 2. The van der Waals surface area contributed by atoms with Gasteiger partial charge in [0.15, 0.2) is 0 Å². The number of thiazole rings is 1. The Balaban J connectivity index is 1.11. The first-order valence-electron chi connectivity index (χ1n) is 14.0. The zero-order chi connectivity index (χ0) is 27.9. The minimum Gasteiger partial charge on any atom is -0.338 e. The molecular weight excluding hydrogens is 560 g/mol. The van der Waals surface area contributed by atoms with Crippen LogP contribution in [0.5, 0.6) is 0 Å². The number of fused-ring (bicyclic) bond motifs is 6. The average molecular weight is 590 g/mol. The summed E-state index contributed by atoms with van der Waals surface area (Å²) in [6.07, 6.45) is 16.2. The second-order valence-electron chi connectivity index (χ2n) is 10.5. The molecule has 0 fully saturated rings. The highest BCUT2D eigenvalue weighted by molar-refractivity contribution is 8.04. The summed E-state index contributed by atoms with van der Waals surface area (Å²) >= 11 is 10.6. The maximum Gasteiger partial charge on any atom is 0.262 e. The van der Waals surface area contributed by atoms with Crippen LogP contribution in [0.25, 0.3) is 37.8 Å². The van der Waals surface area contributed by atoms with Gasteiger partial charge in [0.25, 0.3) is 5.01 Å². The van der Waals surface area contributed by atoms with Gasteiger partial charge in [0.05, 0.1) is 10.7 Å². The van der Waals surface area contributed by atoms with Crippen LogP contribution >= 0.6 is 34.7 Å². The summed E-state index contributed by atoms with van der Waals surface area (Å²) in [5, 5.41) is 8.54. The number of rotatable bonds is 4. The Hall–Kier alpha value is -3.57. The second kappa shape index (κ2) is 11.0. The van der Waals surface area contributed by atoms with Crippen LogP contribution in [0.15, 0.2) is 129 Å². The third kappa shape index (κ3) is 4.84. The van der Waals surface area contributed by atoms with E-state index < -0.39 is 0 Å². The molecule has 0 bridgehead atoms. The minimum absolute atomic E-state index is 0.894. The molecular formula is C36H30ClN2S2+. The van der Waals surface area contributed by atoms with Crippen molar-refractivity contribution in [3.8, 4) is 0 Å². The molecule has 5 heteroatoms. The predicted octanol–water partition coefficient (Wildman–Crippen LogP) is 10.3. The highest BCUT2D eigenvalue weighted by Crippen LogP contribution is 2.48. The zero-order valence-corrected chi connectivity index (χ0v) is 25.5. The van der Waals surface area contributed by atoms with Crippen LogP contribution in [0, 0.1) is 0 Å². The van der Waals surface area contributed by atoms with Crippen molar-refractivity contribution >= 4 is 78.2 Å². The maximum atomic E-state index is 6.95. The van der Waals surface area contributed by atoms with Crippen LogP contribution in [0.4, 0.5) is 5.69 Å². The molecule has 41 heavy (non-hydrogen) atoms. The van der Waals surface area contributed by atoms with Gasteiger partial charge in [-0.3, -0.25) is 0 Å². The molecule has 4 aromatic carbocycles.